The molecular formula is C23H27NO6S2. The molecule has 0 spiro atoms. The molecule has 0 N–H and O–H groups in total. The Bertz CT molecular complexity index is 1130. The number of nitrogens with zero attached hydrogens (tertiary/aromatic N) is 1. The van der Waals surface area contributed by atoms with Gasteiger partial charge in [-0.25, -0.2) is 8.42 Å². The normalized spacial score (nSPS) is 17.3. The third-order valence-electron chi connectivity index (χ3n) is 5.69. The van der Waals surface area contributed by atoms with Gasteiger partial charge in [0.25, 0.3) is 0 Å². The molecule has 0 radical (unpaired) electrons. The molecule has 1 atom stereocenters. The van der Waals surface area contributed by atoms with Crippen molar-refractivity contribution in [3.05, 3.63) is 52.8 Å². The van der Waals surface area contributed by atoms with Crippen molar-refractivity contribution in [3.63, 3.8) is 0 Å². The van der Waals surface area contributed by atoms with Gasteiger partial charge >= 0.3 is 5.97 Å². The summed E-state index contributed by atoms with van der Waals surface area (Å²) in [6.45, 7) is 3.19. The molecule has 0 bridgehead atoms. The Morgan fingerprint density at radius 3 is 2.38 bits per heavy atom. The first kappa shape index (κ1) is 24.3. The van der Waals surface area contributed by atoms with Gasteiger partial charge in [-0.2, -0.15) is 0 Å². The molecule has 1 fully saturated rings. The summed E-state index contributed by atoms with van der Waals surface area (Å²) in [5.74, 6) is -0.896. The Labute approximate surface area is 192 Å². The van der Waals surface area contributed by atoms with Gasteiger partial charge in [-0.15, -0.1) is 11.8 Å². The molecule has 1 saturated heterocycles. The lowest BCUT2D eigenvalue weighted by Crippen LogP contribution is -2.17. The van der Waals surface area contributed by atoms with Gasteiger partial charge in [-0.1, -0.05) is 12.1 Å². The fraction of sp³-hybridized carbons (Fsp3) is 0.435. The number of Topliss-reactive ketones (excluding diaryl/α,β-unsaturated/α-hetero) is 2. The summed E-state index contributed by atoms with van der Waals surface area (Å²) in [5, 5.41) is 0. The van der Waals surface area contributed by atoms with Crippen LogP contribution in [0.1, 0.15) is 57.4 Å². The average molecular weight is 478 g/mol. The third kappa shape index (κ3) is 5.69. The number of hydrogen-bond donors (Lipinski definition) is 0. The van der Waals surface area contributed by atoms with Gasteiger partial charge in [0.1, 0.15) is 0 Å². The van der Waals surface area contributed by atoms with Crippen LogP contribution < -0.4 is 0 Å². The summed E-state index contributed by atoms with van der Waals surface area (Å²) >= 11 is 1.58. The van der Waals surface area contributed by atoms with Crippen LogP contribution in [0.5, 0.6) is 0 Å². The summed E-state index contributed by atoms with van der Waals surface area (Å²) in [5.41, 5.74) is 2.43. The first-order chi connectivity index (χ1) is 15.1. The molecule has 0 amide bonds. The second-order valence-corrected chi connectivity index (χ2v) is 11.1. The molecule has 1 aliphatic heterocycles. The van der Waals surface area contributed by atoms with Crippen molar-refractivity contribution >= 4 is 39.1 Å². The van der Waals surface area contributed by atoms with Crippen molar-refractivity contribution in [1.82, 2.24) is 4.57 Å². The number of thioether (sulfide) groups is 1. The number of esters is 1. The van der Waals surface area contributed by atoms with Gasteiger partial charge in [0, 0.05) is 39.9 Å². The van der Waals surface area contributed by atoms with Crippen LogP contribution in [0, 0.1) is 13.8 Å². The highest BCUT2D eigenvalue weighted by atomic mass is 32.2. The van der Waals surface area contributed by atoms with Crippen molar-refractivity contribution in [1.29, 1.82) is 0 Å². The van der Waals surface area contributed by atoms with Gasteiger partial charge in [-0.3, -0.25) is 14.4 Å². The van der Waals surface area contributed by atoms with Crippen LogP contribution in [0.2, 0.25) is 0 Å². The Hall–Kier alpha value is -2.39. The number of hydrogen-bond acceptors (Lipinski definition) is 7. The third-order valence-corrected chi connectivity index (χ3v) is 8.18. The lowest BCUT2D eigenvalue weighted by atomic mass is 10.1. The molecule has 1 aromatic carbocycles. The Kier molecular flexibility index (Phi) is 7.61. The average Bonchev–Trinajstić information content (AvgIpc) is 3.27. The van der Waals surface area contributed by atoms with Crippen molar-refractivity contribution in [3.8, 4) is 0 Å². The number of rotatable bonds is 9. The quantitative estimate of drug-likeness (QED) is 0.309. The maximum Gasteiger partial charge on any atom is 0.306 e. The number of sulfone groups is 1. The summed E-state index contributed by atoms with van der Waals surface area (Å²) in [6, 6.07) is 8.69. The van der Waals surface area contributed by atoms with E-state index in [0.29, 0.717) is 23.2 Å². The minimum Gasteiger partial charge on any atom is -0.457 e. The molecule has 1 unspecified atom stereocenters. The summed E-state index contributed by atoms with van der Waals surface area (Å²) < 4.78 is 30.6. The number of aryl methyl sites for hydroxylation is 1. The van der Waals surface area contributed by atoms with E-state index in [-0.39, 0.29) is 42.0 Å². The highest BCUT2D eigenvalue weighted by Gasteiger charge is 2.31. The Morgan fingerprint density at radius 2 is 1.78 bits per heavy atom. The molecule has 2 aromatic rings. The molecule has 1 aromatic heterocycles. The first-order valence-corrected chi connectivity index (χ1v) is 13.4. The van der Waals surface area contributed by atoms with Crippen molar-refractivity contribution < 1.29 is 27.5 Å². The fourth-order valence-electron chi connectivity index (χ4n) is 4.03. The van der Waals surface area contributed by atoms with E-state index >= 15 is 0 Å². The minimum atomic E-state index is -3.05. The molecule has 32 heavy (non-hydrogen) atoms. The van der Waals surface area contributed by atoms with Gasteiger partial charge in [0.05, 0.1) is 17.9 Å². The molecule has 3 rings (SSSR count). The Balaban J connectivity index is 1.53. The molecular weight excluding hydrogens is 450 g/mol. The number of aromatic nitrogens is 1. The highest BCUT2D eigenvalue weighted by Crippen LogP contribution is 2.29. The summed E-state index contributed by atoms with van der Waals surface area (Å²) in [7, 11) is -3.05. The van der Waals surface area contributed by atoms with E-state index in [4.69, 9.17) is 4.74 Å². The van der Waals surface area contributed by atoms with E-state index in [1.165, 1.54) is 0 Å². The lowest BCUT2D eigenvalue weighted by Gasteiger charge is -2.16. The predicted molar refractivity (Wildman–Crippen MR) is 123 cm³/mol. The molecule has 7 nitrogen and oxygen atoms in total. The smallest absolute Gasteiger partial charge is 0.306 e. The van der Waals surface area contributed by atoms with Crippen LogP contribution in [-0.2, 0) is 19.4 Å². The molecule has 0 saturated carbocycles. The van der Waals surface area contributed by atoms with Crippen molar-refractivity contribution in [2.75, 3.05) is 24.4 Å². The second-order valence-electron chi connectivity index (χ2n) is 7.95. The van der Waals surface area contributed by atoms with Gasteiger partial charge in [0.2, 0.25) is 5.78 Å². The van der Waals surface area contributed by atoms with E-state index in [9.17, 15) is 22.8 Å². The summed E-state index contributed by atoms with van der Waals surface area (Å²) in [4.78, 5) is 38.0. The van der Waals surface area contributed by atoms with Gasteiger partial charge in [0.15, 0.2) is 22.2 Å². The molecule has 9 heteroatoms. The predicted octanol–water partition coefficient (Wildman–Crippen LogP) is 3.58. The van der Waals surface area contributed by atoms with Crippen LogP contribution in [0.3, 0.4) is 0 Å². The molecule has 2 heterocycles. The number of carbonyl (C=O) groups excluding carboxylic acids is 3. The zero-order valence-corrected chi connectivity index (χ0v) is 20.1. The van der Waals surface area contributed by atoms with E-state index < -0.39 is 22.4 Å². The second kappa shape index (κ2) is 10.0. The highest BCUT2D eigenvalue weighted by molar-refractivity contribution is 7.98. The fourth-order valence-corrected chi connectivity index (χ4v) is 6.14. The topological polar surface area (TPSA) is 99.5 Å². The monoisotopic (exact) mass is 477 g/mol. The van der Waals surface area contributed by atoms with Crippen LogP contribution in [0.25, 0.3) is 0 Å². The SMILES string of the molecule is CSc1ccc(C(=O)CCC(=O)OCC(=O)c2cc(C)n(C3CCS(=O)(=O)C3)c2C)cc1. The van der Waals surface area contributed by atoms with Crippen molar-refractivity contribution in [2.24, 2.45) is 0 Å². The van der Waals surface area contributed by atoms with Crippen LogP contribution in [-0.4, -0.2) is 54.9 Å². The number of benzene rings is 1. The van der Waals surface area contributed by atoms with E-state index in [2.05, 4.69) is 0 Å². The van der Waals surface area contributed by atoms with Crippen LogP contribution >= 0.6 is 11.8 Å². The molecule has 1 aliphatic rings. The maximum absolute atomic E-state index is 12.6. The minimum absolute atomic E-state index is 0.0102. The van der Waals surface area contributed by atoms with Crippen LogP contribution in [0.15, 0.2) is 35.2 Å². The number of ketones is 2. The first-order valence-electron chi connectivity index (χ1n) is 10.4. The van der Waals surface area contributed by atoms with E-state index in [1.807, 2.05) is 29.9 Å². The van der Waals surface area contributed by atoms with Gasteiger partial charge in [-0.05, 0) is 44.7 Å². The number of carbonyl (C=O) groups is 3. The molecule has 0 aliphatic carbocycles. The Morgan fingerprint density at radius 1 is 1.09 bits per heavy atom. The summed E-state index contributed by atoms with van der Waals surface area (Å²) in [6.07, 6.45) is 2.38. The zero-order chi connectivity index (χ0) is 23.5. The van der Waals surface area contributed by atoms with E-state index in [1.54, 1.807) is 36.9 Å². The number of ether oxygens (including phenoxy) is 1. The van der Waals surface area contributed by atoms with Crippen molar-refractivity contribution in [2.45, 2.75) is 44.0 Å². The standard InChI is InChI=1S/C23H27NO6S2/c1-15-12-20(16(2)24(15)18-10-11-32(28,29)14-18)22(26)13-30-23(27)9-8-21(25)17-4-6-19(31-3)7-5-17/h4-7,12,18H,8-11,13-14H2,1-3H3. The van der Waals surface area contributed by atoms with Crippen LogP contribution in [0.4, 0.5) is 0 Å². The zero-order valence-electron chi connectivity index (χ0n) is 18.4. The lowest BCUT2D eigenvalue weighted by molar-refractivity contribution is -0.142. The van der Waals surface area contributed by atoms with E-state index in [0.717, 1.165) is 10.6 Å². The maximum atomic E-state index is 12.6. The largest absolute Gasteiger partial charge is 0.457 e. The molecule has 172 valence electrons. The van der Waals surface area contributed by atoms with Gasteiger partial charge < -0.3 is 9.30 Å².